The van der Waals surface area contributed by atoms with Gasteiger partial charge in [0, 0.05) is 16.4 Å². The van der Waals surface area contributed by atoms with Gasteiger partial charge in [-0.25, -0.2) is 8.42 Å². The number of carbonyl (C=O) groups excluding carboxylic acids is 1. The largest absolute Gasteiger partial charge is 0.488 e. The van der Waals surface area contributed by atoms with Crippen molar-refractivity contribution in [3.63, 3.8) is 0 Å². The number of hydrogen-bond acceptors (Lipinski definition) is 4. The minimum absolute atomic E-state index is 0.197. The summed E-state index contributed by atoms with van der Waals surface area (Å²) in [7, 11) is -3.28. The molecule has 0 unspecified atom stereocenters. The highest BCUT2D eigenvalue weighted by Gasteiger charge is 2.13. The van der Waals surface area contributed by atoms with Crippen molar-refractivity contribution in [2.24, 2.45) is 0 Å². The first kappa shape index (κ1) is 20.1. The van der Waals surface area contributed by atoms with Crippen molar-refractivity contribution < 1.29 is 17.9 Å². The smallest absolute Gasteiger partial charge is 0.259 e. The summed E-state index contributed by atoms with van der Waals surface area (Å²) < 4.78 is 29.9. The minimum Gasteiger partial charge on any atom is -0.488 e. The molecule has 5 nitrogen and oxygen atoms in total. The van der Waals surface area contributed by atoms with Gasteiger partial charge < -0.3 is 10.1 Å². The maximum Gasteiger partial charge on any atom is 0.259 e. The van der Waals surface area contributed by atoms with E-state index in [-0.39, 0.29) is 10.8 Å². The van der Waals surface area contributed by atoms with Crippen molar-refractivity contribution in [1.82, 2.24) is 0 Å². The van der Waals surface area contributed by atoms with Crippen LogP contribution in [0.15, 0.2) is 82.2 Å². The Labute approximate surface area is 172 Å². The summed E-state index contributed by atoms with van der Waals surface area (Å²) in [5.74, 6) is 0.129. The molecule has 0 fully saturated rings. The molecular weight excluding hydrogens is 442 g/mol. The predicted molar refractivity (Wildman–Crippen MR) is 112 cm³/mol. The van der Waals surface area contributed by atoms with Crippen LogP contribution in [-0.2, 0) is 16.4 Å². The molecule has 3 aromatic rings. The molecule has 0 aliphatic rings. The van der Waals surface area contributed by atoms with Gasteiger partial charge in [0.05, 0.1) is 10.5 Å². The van der Waals surface area contributed by atoms with E-state index in [9.17, 15) is 13.2 Å². The van der Waals surface area contributed by atoms with Crippen molar-refractivity contribution in [1.29, 1.82) is 0 Å². The monoisotopic (exact) mass is 459 g/mol. The summed E-state index contributed by atoms with van der Waals surface area (Å²) >= 11 is 3.42. The highest BCUT2D eigenvalue weighted by atomic mass is 79.9. The number of carbonyl (C=O) groups is 1. The number of nitrogens with one attached hydrogen (secondary N) is 1. The Morgan fingerprint density at radius 3 is 2.39 bits per heavy atom. The molecule has 1 amide bonds. The third kappa shape index (κ3) is 5.21. The molecule has 0 saturated heterocycles. The Balaban J connectivity index is 1.73. The van der Waals surface area contributed by atoms with Crippen molar-refractivity contribution >= 4 is 37.4 Å². The Morgan fingerprint density at radius 1 is 1.00 bits per heavy atom. The number of para-hydroxylation sites is 1. The normalized spacial score (nSPS) is 11.1. The fraction of sp³-hybridized carbons (Fsp3) is 0.0952. The van der Waals surface area contributed by atoms with E-state index in [0.29, 0.717) is 23.6 Å². The SMILES string of the molecule is CS(=O)(=O)c1ccc(NC(=O)c2ccccc2OCc2cccc(Br)c2)cc1. The van der Waals surface area contributed by atoms with Crippen LogP contribution in [0.2, 0.25) is 0 Å². The van der Waals surface area contributed by atoms with Crippen LogP contribution in [0.3, 0.4) is 0 Å². The molecule has 0 saturated carbocycles. The number of sulfone groups is 1. The van der Waals surface area contributed by atoms with Crippen LogP contribution in [0, 0.1) is 0 Å². The Kier molecular flexibility index (Phi) is 6.16. The van der Waals surface area contributed by atoms with E-state index >= 15 is 0 Å². The number of rotatable bonds is 6. The van der Waals surface area contributed by atoms with E-state index in [1.807, 2.05) is 24.3 Å². The molecule has 144 valence electrons. The first-order valence-corrected chi connectivity index (χ1v) is 11.1. The lowest BCUT2D eigenvalue weighted by molar-refractivity contribution is 0.102. The van der Waals surface area contributed by atoms with Gasteiger partial charge in [0.15, 0.2) is 9.84 Å². The van der Waals surface area contributed by atoms with Gasteiger partial charge in [-0.05, 0) is 54.1 Å². The van der Waals surface area contributed by atoms with E-state index in [4.69, 9.17) is 4.74 Å². The van der Waals surface area contributed by atoms with Crippen LogP contribution < -0.4 is 10.1 Å². The zero-order valence-electron chi connectivity index (χ0n) is 15.1. The van der Waals surface area contributed by atoms with Gasteiger partial charge in [0.2, 0.25) is 0 Å². The molecule has 3 aromatic carbocycles. The molecule has 0 heterocycles. The molecule has 7 heteroatoms. The zero-order chi connectivity index (χ0) is 20.1. The summed E-state index contributed by atoms with van der Waals surface area (Å²) in [6, 6.07) is 20.7. The molecule has 0 aromatic heterocycles. The third-order valence-corrected chi connectivity index (χ3v) is 5.58. The van der Waals surface area contributed by atoms with Gasteiger partial charge in [-0.3, -0.25) is 4.79 Å². The number of hydrogen-bond donors (Lipinski definition) is 1. The van der Waals surface area contributed by atoms with Gasteiger partial charge in [0.1, 0.15) is 12.4 Å². The summed E-state index contributed by atoms with van der Waals surface area (Å²) in [5, 5.41) is 2.76. The van der Waals surface area contributed by atoms with Crippen LogP contribution in [-0.4, -0.2) is 20.6 Å². The molecule has 3 rings (SSSR count). The Morgan fingerprint density at radius 2 is 1.71 bits per heavy atom. The summed E-state index contributed by atoms with van der Waals surface area (Å²) in [6.07, 6.45) is 1.14. The van der Waals surface area contributed by atoms with E-state index in [0.717, 1.165) is 16.3 Å². The maximum absolute atomic E-state index is 12.7. The highest BCUT2D eigenvalue weighted by molar-refractivity contribution is 9.10. The molecule has 0 bridgehead atoms. The van der Waals surface area contributed by atoms with Crippen molar-refractivity contribution in [3.05, 3.63) is 88.4 Å². The number of benzene rings is 3. The topological polar surface area (TPSA) is 72.5 Å². The lowest BCUT2D eigenvalue weighted by atomic mass is 10.1. The first-order chi connectivity index (χ1) is 13.3. The van der Waals surface area contributed by atoms with Gasteiger partial charge >= 0.3 is 0 Å². The second-order valence-corrected chi connectivity index (χ2v) is 9.10. The summed E-state index contributed by atoms with van der Waals surface area (Å²) in [4.78, 5) is 12.9. The molecule has 0 spiro atoms. The Hall–Kier alpha value is -2.64. The lowest BCUT2D eigenvalue weighted by Crippen LogP contribution is -2.13. The molecule has 0 aliphatic carbocycles. The molecular formula is C21H18BrNO4S. The molecule has 0 radical (unpaired) electrons. The quantitative estimate of drug-likeness (QED) is 0.580. The lowest BCUT2D eigenvalue weighted by Gasteiger charge is -2.12. The first-order valence-electron chi connectivity index (χ1n) is 8.41. The van der Waals surface area contributed by atoms with Gasteiger partial charge in [0.25, 0.3) is 5.91 Å². The van der Waals surface area contributed by atoms with Crippen LogP contribution in [0.5, 0.6) is 5.75 Å². The van der Waals surface area contributed by atoms with Crippen molar-refractivity contribution in [2.75, 3.05) is 11.6 Å². The average molecular weight is 460 g/mol. The van der Waals surface area contributed by atoms with Crippen molar-refractivity contribution in [3.8, 4) is 5.75 Å². The summed E-state index contributed by atoms with van der Waals surface area (Å²) in [6.45, 7) is 0.326. The van der Waals surface area contributed by atoms with Crippen LogP contribution >= 0.6 is 15.9 Å². The fourth-order valence-corrected chi connectivity index (χ4v) is 3.63. The number of amides is 1. The van der Waals surface area contributed by atoms with E-state index in [2.05, 4.69) is 21.2 Å². The van der Waals surface area contributed by atoms with Crippen LogP contribution in [0.1, 0.15) is 15.9 Å². The van der Waals surface area contributed by atoms with Gasteiger partial charge in [-0.1, -0.05) is 40.2 Å². The average Bonchev–Trinajstić information content (AvgIpc) is 2.66. The molecule has 0 aliphatic heterocycles. The summed E-state index contributed by atoms with van der Waals surface area (Å²) in [5.41, 5.74) is 1.87. The van der Waals surface area contributed by atoms with Crippen LogP contribution in [0.25, 0.3) is 0 Å². The molecule has 28 heavy (non-hydrogen) atoms. The molecule has 0 atom stereocenters. The Bertz CT molecular complexity index is 1100. The second-order valence-electron chi connectivity index (χ2n) is 6.17. The number of ether oxygens (including phenoxy) is 1. The van der Waals surface area contributed by atoms with Gasteiger partial charge in [-0.15, -0.1) is 0 Å². The van der Waals surface area contributed by atoms with E-state index in [1.165, 1.54) is 12.1 Å². The highest BCUT2D eigenvalue weighted by Crippen LogP contribution is 2.22. The van der Waals surface area contributed by atoms with Gasteiger partial charge in [-0.2, -0.15) is 0 Å². The van der Waals surface area contributed by atoms with E-state index < -0.39 is 9.84 Å². The standard InChI is InChI=1S/C21H18BrNO4S/c1-28(25,26)18-11-9-17(10-12-18)23-21(24)19-7-2-3-8-20(19)27-14-15-5-4-6-16(22)13-15/h2-13H,14H2,1H3,(H,23,24). The minimum atomic E-state index is -3.28. The maximum atomic E-state index is 12.7. The van der Waals surface area contributed by atoms with E-state index in [1.54, 1.807) is 36.4 Å². The second kappa shape index (κ2) is 8.58. The number of anilines is 1. The zero-order valence-corrected chi connectivity index (χ0v) is 17.5. The third-order valence-electron chi connectivity index (χ3n) is 3.96. The predicted octanol–water partition coefficient (Wildman–Crippen LogP) is 4.68. The fourth-order valence-electron chi connectivity index (χ4n) is 2.55. The number of halogens is 1. The molecule has 1 N–H and O–H groups in total. The van der Waals surface area contributed by atoms with Crippen molar-refractivity contribution in [2.45, 2.75) is 11.5 Å². The van der Waals surface area contributed by atoms with Crippen LogP contribution in [0.4, 0.5) is 5.69 Å².